The van der Waals surface area contributed by atoms with Crippen molar-refractivity contribution in [3.8, 4) is 11.5 Å². The average Bonchev–Trinajstić information content (AvgIpc) is 2.82. The van der Waals surface area contributed by atoms with Crippen LogP contribution >= 0.6 is 0 Å². The van der Waals surface area contributed by atoms with E-state index >= 15 is 0 Å². The van der Waals surface area contributed by atoms with Gasteiger partial charge in [0.05, 0.1) is 6.04 Å². The van der Waals surface area contributed by atoms with Crippen LogP contribution in [-0.4, -0.2) is 66.4 Å². The molecule has 3 aliphatic rings. The molecule has 4 rings (SSSR count). The average molecular weight is 415 g/mol. The summed E-state index contributed by atoms with van der Waals surface area (Å²) < 4.78 is 11.2. The van der Waals surface area contributed by atoms with Crippen LogP contribution in [0.4, 0.5) is 0 Å². The molecule has 1 aromatic rings. The molecule has 1 aromatic carbocycles. The van der Waals surface area contributed by atoms with Crippen molar-refractivity contribution in [2.24, 2.45) is 5.92 Å². The van der Waals surface area contributed by atoms with Crippen molar-refractivity contribution in [2.45, 2.75) is 64.5 Å². The zero-order valence-corrected chi connectivity index (χ0v) is 18.3. The molecular weight excluding hydrogens is 380 g/mol. The first-order chi connectivity index (χ1) is 14.6. The van der Waals surface area contributed by atoms with Crippen molar-refractivity contribution in [2.75, 3.05) is 32.8 Å². The highest BCUT2D eigenvalue weighted by Gasteiger charge is 2.34. The van der Waals surface area contributed by atoms with Crippen LogP contribution in [0.5, 0.6) is 11.5 Å². The summed E-state index contributed by atoms with van der Waals surface area (Å²) in [5, 5.41) is 0. The maximum Gasteiger partial charge on any atom is 0.239 e. The van der Waals surface area contributed by atoms with Gasteiger partial charge in [0, 0.05) is 24.1 Å². The summed E-state index contributed by atoms with van der Waals surface area (Å²) >= 11 is 0. The van der Waals surface area contributed by atoms with Crippen LogP contribution in [0.2, 0.25) is 0 Å². The van der Waals surface area contributed by atoms with E-state index in [0.29, 0.717) is 36.3 Å². The molecule has 0 unspecified atom stereocenters. The minimum absolute atomic E-state index is 0.00416. The van der Waals surface area contributed by atoms with Crippen molar-refractivity contribution >= 4 is 11.7 Å². The van der Waals surface area contributed by atoms with E-state index in [-0.39, 0.29) is 23.7 Å². The van der Waals surface area contributed by atoms with Crippen LogP contribution in [-0.2, 0) is 4.79 Å². The van der Waals surface area contributed by atoms with Crippen LogP contribution in [0.3, 0.4) is 0 Å². The first-order valence-corrected chi connectivity index (χ1v) is 11.6. The Hall–Kier alpha value is -2.08. The van der Waals surface area contributed by atoms with E-state index in [0.717, 1.165) is 51.7 Å². The van der Waals surface area contributed by atoms with E-state index in [9.17, 15) is 9.59 Å². The molecule has 2 atom stereocenters. The Labute approximate surface area is 179 Å². The van der Waals surface area contributed by atoms with Crippen molar-refractivity contribution in [1.29, 1.82) is 0 Å². The number of fused-ring (bicyclic) bond motifs is 1. The molecule has 0 aromatic heterocycles. The minimum atomic E-state index is -0.109. The lowest BCUT2D eigenvalue weighted by atomic mass is 9.88. The van der Waals surface area contributed by atoms with Gasteiger partial charge >= 0.3 is 0 Å². The van der Waals surface area contributed by atoms with E-state index in [4.69, 9.17) is 9.47 Å². The van der Waals surface area contributed by atoms with Gasteiger partial charge in [-0.1, -0.05) is 6.92 Å². The number of rotatable bonds is 5. The van der Waals surface area contributed by atoms with Gasteiger partial charge in [-0.15, -0.1) is 0 Å². The van der Waals surface area contributed by atoms with Gasteiger partial charge in [0.15, 0.2) is 17.3 Å². The number of hydrogen-bond acceptors (Lipinski definition) is 5. The fourth-order valence-electron chi connectivity index (χ4n) is 5.09. The molecule has 164 valence electrons. The van der Waals surface area contributed by atoms with Crippen molar-refractivity contribution in [1.82, 2.24) is 9.80 Å². The Balaban J connectivity index is 1.34. The zero-order valence-electron chi connectivity index (χ0n) is 18.3. The van der Waals surface area contributed by atoms with E-state index in [1.54, 1.807) is 0 Å². The summed E-state index contributed by atoms with van der Waals surface area (Å²) in [6.07, 6.45) is 6.08. The van der Waals surface area contributed by atoms with Gasteiger partial charge in [0.2, 0.25) is 5.91 Å². The summed E-state index contributed by atoms with van der Waals surface area (Å²) in [6.45, 7) is 7.75. The number of hydrogen-bond donors (Lipinski definition) is 0. The Morgan fingerprint density at radius 2 is 1.77 bits per heavy atom. The quantitative estimate of drug-likeness (QED) is 0.690. The van der Waals surface area contributed by atoms with E-state index in [1.807, 2.05) is 25.1 Å². The third kappa shape index (κ3) is 4.34. The van der Waals surface area contributed by atoms with E-state index in [2.05, 4.69) is 16.7 Å². The molecule has 0 bridgehead atoms. The fourth-order valence-corrected chi connectivity index (χ4v) is 5.09. The molecule has 2 saturated heterocycles. The summed E-state index contributed by atoms with van der Waals surface area (Å²) in [4.78, 5) is 30.5. The molecule has 30 heavy (non-hydrogen) atoms. The van der Waals surface area contributed by atoms with E-state index < -0.39 is 0 Å². The monoisotopic (exact) mass is 414 g/mol. The first-order valence-electron chi connectivity index (χ1n) is 11.6. The van der Waals surface area contributed by atoms with Gasteiger partial charge < -0.3 is 14.4 Å². The summed E-state index contributed by atoms with van der Waals surface area (Å²) in [7, 11) is 0. The number of ether oxygens (including phenoxy) is 2. The van der Waals surface area contributed by atoms with Gasteiger partial charge in [-0.3, -0.25) is 14.5 Å². The lowest BCUT2D eigenvalue weighted by molar-refractivity contribution is -0.140. The van der Waals surface area contributed by atoms with Crippen molar-refractivity contribution < 1.29 is 19.1 Å². The molecule has 0 aliphatic carbocycles. The number of benzene rings is 1. The van der Waals surface area contributed by atoms with Gasteiger partial charge in [0.1, 0.15) is 13.2 Å². The first kappa shape index (κ1) is 21.2. The molecule has 1 amide bonds. The van der Waals surface area contributed by atoms with Gasteiger partial charge in [-0.2, -0.15) is 0 Å². The lowest BCUT2D eigenvalue weighted by Gasteiger charge is -2.41. The predicted molar refractivity (Wildman–Crippen MR) is 115 cm³/mol. The molecule has 6 heteroatoms. The van der Waals surface area contributed by atoms with Crippen LogP contribution in [0.25, 0.3) is 0 Å². The molecule has 3 heterocycles. The second-order valence-electron chi connectivity index (χ2n) is 8.80. The number of ketones is 1. The lowest BCUT2D eigenvalue weighted by Crippen LogP contribution is -2.53. The van der Waals surface area contributed by atoms with Gasteiger partial charge in [-0.25, -0.2) is 0 Å². The summed E-state index contributed by atoms with van der Waals surface area (Å²) in [5.74, 6) is 1.81. The van der Waals surface area contributed by atoms with Gasteiger partial charge in [-0.05, 0) is 76.7 Å². The molecule has 0 radical (unpaired) electrons. The standard InChI is InChI=1S/C24H34N2O4/c1-3-20-6-4-5-11-26(20)24(28)17(2)25-12-9-18(10-13-25)23(27)19-7-8-21-22(16-19)30-15-14-29-21/h7-8,16-18,20H,3-6,9-15H2,1-2H3/t17-,20+/m1/s1. The maximum atomic E-state index is 13.1. The number of nitrogens with zero attached hydrogens (tertiary/aromatic N) is 2. The third-order valence-corrected chi connectivity index (χ3v) is 7.01. The number of carbonyl (C=O) groups is 2. The second kappa shape index (κ2) is 9.38. The third-order valence-electron chi connectivity index (χ3n) is 7.01. The van der Waals surface area contributed by atoms with Crippen molar-refractivity contribution in [3.63, 3.8) is 0 Å². The summed E-state index contributed by atoms with van der Waals surface area (Å²) in [6, 6.07) is 5.78. The SMILES string of the molecule is CC[C@H]1CCCCN1C(=O)[C@@H](C)N1CCC(C(=O)c2ccc3c(c2)OCCO3)CC1. The molecule has 0 spiro atoms. The van der Waals surface area contributed by atoms with E-state index in [1.165, 1.54) is 6.42 Å². The Bertz CT molecular complexity index is 772. The number of Topliss-reactive ketones (excluding diaryl/α,β-unsaturated/α-hetero) is 1. The minimum Gasteiger partial charge on any atom is -0.486 e. The maximum absolute atomic E-state index is 13.1. The van der Waals surface area contributed by atoms with Crippen LogP contribution < -0.4 is 9.47 Å². The highest BCUT2D eigenvalue weighted by atomic mass is 16.6. The molecule has 0 saturated carbocycles. The summed E-state index contributed by atoms with van der Waals surface area (Å²) in [5.41, 5.74) is 0.695. The highest BCUT2D eigenvalue weighted by Crippen LogP contribution is 2.33. The number of carbonyl (C=O) groups excluding carboxylic acids is 2. The van der Waals surface area contributed by atoms with Crippen LogP contribution in [0.15, 0.2) is 18.2 Å². The Kier molecular flexibility index (Phi) is 6.61. The Morgan fingerprint density at radius 3 is 2.50 bits per heavy atom. The van der Waals surface area contributed by atoms with Crippen LogP contribution in [0, 0.1) is 5.92 Å². The molecule has 0 N–H and O–H groups in total. The second-order valence-corrected chi connectivity index (χ2v) is 8.80. The van der Waals surface area contributed by atoms with Gasteiger partial charge in [0.25, 0.3) is 0 Å². The molecule has 6 nitrogen and oxygen atoms in total. The largest absolute Gasteiger partial charge is 0.486 e. The number of piperidine rings is 2. The molecule has 2 fully saturated rings. The van der Waals surface area contributed by atoms with Crippen molar-refractivity contribution in [3.05, 3.63) is 23.8 Å². The molecular formula is C24H34N2O4. The molecule has 3 aliphatic heterocycles. The zero-order chi connectivity index (χ0) is 21.1. The predicted octanol–water partition coefficient (Wildman–Crippen LogP) is 3.53. The topological polar surface area (TPSA) is 59.1 Å². The smallest absolute Gasteiger partial charge is 0.239 e. The number of amides is 1. The fraction of sp³-hybridized carbons (Fsp3) is 0.667. The number of likely N-dealkylation sites (tertiary alicyclic amines) is 2. The Morgan fingerprint density at radius 1 is 1.03 bits per heavy atom. The van der Waals surface area contributed by atoms with Crippen LogP contribution in [0.1, 0.15) is 62.7 Å². The normalized spacial score (nSPS) is 23.8. The highest BCUT2D eigenvalue weighted by molar-refractivity contribution is 5.98.